The average Bonchev–Trinajstić information content (AvgIpc) is 2.74. The highest BCUT2D eigenvalue weighted by molar-refractivity contribution is 5.70. The Morgan fingerprint density at radius 3 is 2.59 bits per heavy atom. The number of hydrogen-bond acceptors (Lipinski definition) is 4. The lowest BCUT2D eigenvalue weighted by Gasteiger charge is -2.20. The van der Waals surface area contributed by atoms with E-state index in [1.807, 2.05) is 30.3 Å². The van der Waals surface area contributed by atoms with E-state index >= 15 is 0 Å². The monoisotopic (exact) mass is 236 g/mol. The Kier molecular flexibility index (Phi) is 3.76. The molecule has 0 atom stereocenters. The van der Waals surface area contributed by atoms with Gasteiger partial charge in [-0.05, 0) is 12.5 Å². The fourth-order valence-electron chi connectivity index (χ4n) is 1.71. The Hall–Kier alpha value is -1.39. The molecule has 17 heavy (non-hydrogen) atoms. The molecule has 1 aromatic carbocycles. The van der Waals surface area contributed by atoms with Crippen molar-refractivity contribution in [2.24, 2.45) is 0 Å². The summed E-state index contributed by atoms with van der Waals surface area (Å²) in [6.45, 7) is 3.10. The molecule has 0 radical (unpaired) electrons. The van der Waals surface area contributed by atoms with Gasteiger partial charge in [0.2, 0.25) is 0 Å². The van der Waals surface area contributed by atoms with Crippen LogP contribution in [0, 0.1) is 0 Å². The third-order valence-electron chi connectivity index (χ3n) is 2.61. The van der Waals surface area contributed by atoms with Crippen LogP contribution in [0.3, 0.4) is 0 Å². The van der Waals surface area contributed by atoms with Gasteiger partial charge >= 0.3 is 5.97 Å². The molecule has 2 rings (SSSR count). The van der Waals surface area contributed by atoms with Crippen molar-refractivity contribution >= 4 is 5.97 Å². The molecule has 1 saturated heterocycles. The fraction of sp³-hybridized carbons (Fsp3) is 0.462. The van der Waals surface area contributed by atoms with Crippen LogP contribution in [0.4, 0.5) is 0 Å². The molecule has 0 N–H and O–H groups in total. The van der Waals surface area contributed by atoms with Gasteiger partial charge in [-0.3, -0.25) is 4.79 Å². The Bertz CT molecular complexity index is 368. The zero-order valence-electron chi connectivity index (χ0n) is 9.85. The number of carbonyl (C=O) groups excluding carboxylic acids is 1. The lowest BCUT2D eigenvalue weighted by Crippen LogP contribution is -2.29. The summed E-state index contributed by atoms with van der Waals surface area (Å²) in [5, 5.41) is 0. The van der Waals surface area contributed by atoms with Gasteiger partial charge < -0.3 is 14.2 Å². The number of benzene rings is 1. The van der Waals surface area contributed by atoms with Crippen LogP contribution >= 0.6 is 0 Å². The highest BCUT2D eigenvalue weighted by atomic mass is 16.7. The van der Waals surface area contributed by atoms with Crippen LogP contribution in [0.2, 0.25) is 0 Å². The van der Waals surface area contributed by atoms with Crippen LogP contribution in [0.1, 0.15) is 18.9 Å². The van der Waals surface area contributed by atoms with Crippen LogP contribution in [-0.2, 0) is 25.6 Å². The SMILES string of the molecule is CC1(CC(=O)OCc2ccccc2)OCCO1. The summed E-state index contributed by atoms with van der Waals surface area (Å²) in [5.41, 5.74) is 0.972. The van der Waals surface area contributed by atoms with E-state index in [9.17, 15) is 4.79 Å². The first-order chi connectivity index (χ1) is 8.18. The van der Waals surface area contributed by atoms with Gasteiger partial charge in [-0.15, -0.1) is 0 Å². The summed E-state index contributed by atoms with van der Waals surface area (Å²) in [7, 11) is 0. The summed E-state index contributed by atoms with van der Waals surface area (Å²) < 4.78 is 15.8. The number of rotatable bonds is 4. The fourth-order valence-corrected chi connectivity index (χ4v) is 1.71. The third-order valence-corrected chi connectivity index (χ3v) is 2.61. The van der Waals surface area contributed by atoms with Crippen molar-refractivity contribution in [3.05, 3.63) is 35.9 Å². The Labute approximate surface area is 100 Å². The molecule has 4 nitrogen and oxygen atoms in total. The second kappa shape index (κ2) is 5.29. The maximum Gasteiger partial charge on any atom is 0.311 e. The molecular formula is C13H16O4. The minimum Gasteiger partial charge on any atom is -0.461 e. The van der Waals surface area contributed by atoms with Crippen molar-refractivity contribution < 1.29 is 19.0 Å². The van der Waals surface area contributed by atoms with E-state index < -0.39 is 5.79 Å². The van der Waals surface area contributed by atoms with Gasteiger partial charge in [0.25, 0.3) is 0 Å². The van der Waals surface area contributed by atoms with Crippen LogP contribution < -0.4 is 0 Å². The molecule has 0 spiro atoms. The highest BCUT2D eigenvalue weighted by Crippen LogP contribution is 2.23. The van der Waals surface area contributed by atoms with Crippen molar-refractivity contribution in [1.29, 1.82) is 0 Å². The first kappa shape index (κ1) is 12.1. The molecule has 0 aromatic heterocycles. The number of carbonyl (C=O) groups is 1. The summed E-state index contributed by atoms with van der Waals surface area (Å²) in [6.07, 6.45) is 0.125. The van der Waals surface area contributed by atoms with E-state index in [4.69, 9.17) is 14.2 Å². The van der Waals surface area contributed by atoms with Gasteiger partial charge in [0.1, 0.15) is 6.61 Å². The topological polar surface area (TPSA) is 44.8 Å². The molecule has 0 aliphatic carbocycles. The summed E-state index contributed by atoms with van der Waals surface area (Å²) >= 11 is 0. The summed E-state index contributed by atoms with van der Waals surface area (Å²) in [5.74, 6) is -1.12. The molecule has 0 amide bonds. The minimum atomic E-state index is -0.812. The van der Waals surface area contributed by atoms with Gasteiger partial charge in [0.15, 0.2) is 5.79 Å². The molecule has 0 bridgehead atoms. The standard InChI is InChI=1S/C13H16O4/c1-13(16-7-8-17-13)9-12(14)15-10-11-5-3-2-4-6-11/h2-6H,7-10H2,1H3. The van der Waals surface area contributed by atoms with Crippen LogP contribution in [0.5, 0.6) is 0 Å². The normalized spacial score (nSPS) is 17.9. The zero-order chi connectivity index (χ0) is 12.1. The predicted molar refractivity (Wildman–Crippen MR) is 61.2 cm³/mol. The molecule has 1 aliphatic heterocycles. The highest BCUT2D eigenvalue weighted by Gasteiger charge is 2.34. The van der Waals surface area contributed by atoms with Crippen molar-refractivity contribution in [3.8, 4) is 0 Å². The van der Waals surface area contributed by atoms with E-state index in [0.29, 0.717) is 13.2 Å². The maximum absolute atomic E-state index is 11.6. The molecule has 0 saturated carbocycles. The Morgan fingerprint density at radius 2 is 1.94 bits per heavy atom. The average molecular weight is 236 g/mol. The molecule has 0 unspecified atom stereocenters. The molecule has 1 fully saturated rings. The minimum absolute atomic E-state index is 0.125. The summed E-state index contributed by atoms with van der Waals surface area (Å²) in [4.78, 5) is 11.6. The van der Waals surface area contributed by atoms with Crippen molar-refractivity contribution in [3.63, 3.8) is 0 Å². The van der Waals surface area contributed by atoms with Crippen LogP contribution in [0.25, 0.3) is 0 Å². The van der Waals surface area contributed by atoms with Gasteiger partial charge in [-0.2, -0.15) is 0 Å². The Morgan fingerprint density at radius 1 is 1.29 bits per heavy atom. The molecule has 1 aliphatic rings. The van der Waals surface area contributed by atoms with Gasteiger partial charge in [0.05, 0.1) is 19.6 Å². The number of ether oxygens (including phenoxy) is 3. The van der Waals surface area contributed by atoms with Gasteiger partial charge in [-0.25, -0.2) is 0 Å². The lowest BCUT2D eigenvalue weighted by molar-refractivity contribution is -0.175. The second-order valence-corrected chi connectivity index (χ2v) is 4.15. The number of hydrogen-bond donors (Lipinski definition) is 0. The quantitative estimate of drug-likeness (QED) is 0.749. The lowest BCUT2D eigenvalue weighted by atomic mass is 10.2. The van der Waals surface area contributed by atoms with Gasteiger partial charge in [0, 0.05) is 0 Å². The van der Waals surface area contributed by atoms with E-state index in [1.165, 1.54) is 0 Å². The zero-order valence-corrected chi connectivity index (χ0v) is 9.85. The smallest absolute Gasteiger partial charge is 0.311 e. The van der Waals surface area contributed by atoms with Crippen molar-refractivity contribution in [2.45, 2.75) is 25.7 Å². The number of esters is 1. The van der Waals surface area contributed by atoms with E-state index in [0.717, 1.165) is 5.56 Å². The largest absolute Gasteiger partial charge is 0.461 e. The third kappa shape index (κ3) is 3.54. The molecule has 92 valence electrons. The predicted octanol–water partition coefficient (Wildman–Crippen LogP) is 1.88. The van der Waals surface area contributed by atoms with E-state index in [-0.39, 0.29) is 19.0 Å². The van der Waals surface area contributed by atoms with Crippen molar-refractivity contribution in [2.75, 3.05) is 13.2 Å². The van der Waals surface area contributed by atoms with Gasteiger partial charge in [-0.1, -0.05) is 30.3 Å². The molecule has 1 heterocycles. The van der Waals surface area contributed by atoms with E-state index in [1.54, 1.807) is 6.92 Å². The second-order valence-electron chi connectivity index (χ2n) is 4.15. The molecule has 4 heteroatoms. The molecular weight excluding hydrogens is 220 g/mol. The maximum atomic E-state index is 11.6. The van der Waals surface area contributed by atoms with Crippen LogP contribution in [0.15, 0.2) is 30.3 Å². The first-order valence-corrected chi connectivity index (χ1v) is 5.65. The molecule has 1 aromatic rings. The van der Waals surface area contributed by atoms with Crippen molar-refractivity contribution in [1.82, 2.24) is 0 Å². The summed E-state index contributed by atoms with van der Waals surface area (Å²) in [6, 6.07) is 9.57. The van der Waals surface area contributed by atoms with Crippen LogP contribution in [-0.4, -0.2) is 25.0 Å². The first-order valence-electron chi connectivity index (χ1n) is 5.65. The van der Waals surface area contributed by atoms with E-state index in [2.05, 4.69) is 0 Å². The Balaban J connectivity index is 1.78.